The fourth-order valence-electron chi connectivity index (χ4n) is 4.46. The number of fused-ring (bicyclic) bond motifs is 1. The zero-order chi connectivity index (χ0) is 30.8. The van der Waals surface area contributed by atoms with E-state index in [9.17, 15) is 18.8 Å². The molecule has 0 unspecified atom stereocenters. The van der Waals surface area contributed by atoms with Crippen molar-refractivity contribution in [2.24, 2.45) is 22.0 Å². The summed E-state index contributed by atoms with van der Waals surface area (Å²) in [5.41, 5.74) is 2.83. The number of allylic oxidation sites excluding steroid dienone is 1. The van der Waals surface area contributed by atoms with Gasteiger partial charge < -0.3 is 15.2 Å². The van der Waals surface area contributed by atoms with Gasteiger partial charge in [-0.2, -0.15) is 5.26 Å². The van der Waals surface area contributed by atoms with Crippen LogP contribution in [0.15, 0.2) is 74.0 Å². The first-order valence-electron chi connectivity index (χ1n) is 13.6. The molecule has 10 heteroatoms. The SMILES string of the molecule is CC.CN=C/C(=C\NCC1=CCN=C(C)N=C1)c1cc2c([C@@H](C)Nc3ccc(F)cc3C#N)cc(F)cc2c(=O)n1C. The molecular weight excluding hydrogens is 536 g/mol. The number of anilines is 1. The van der Waals surface area contributed by atoms with Gasteiger partial charge in [-0.25, -0.2) is 13.8 Å². The van der Waals surface area contributed by atoms with Crippen LogP contribution in [0.2, 0.25) is 0 Å². The van der Waals surface area contributed by atoms with Gasteiger partial charge in [0.2, 0.25) is 0 Å². The monoisotopic (exact) mass is 571 g/mol. The minimum absolute atomic E-state index is 0.121. The summed E-state index contributed by atoms with van der Waals surface area (Å²) in [6.07, 6.45) is 7.15. The van der Waals surface area contributed by atoms with Gasteiger partial charge in [-0.15, -0.1) is 0 Å². The average Bonchev–Trinajstić information content (AvgIpc) is 3.20. The smallest absolute Gasteiger partial charge is 0.258 e. The summed E-state index contributed by atoms with van der Waals surface area (Å²) in [6.45, 7) is 8.67. The van der Waals surface area contributed by atoms with Crippen LogP contribution in [0.25, 0.3) is 16.3 Å². The summed E-state index contributed by atoms with van der Waals surface area (Å²) < 4.78 is 29.8. The van der Waals surface area contributed by atoms with Crippen LogP contribution in [-0.2, 0) is 7.05 Å². The van der Waals surface area contributed by atoms with Crippen LogP contribution in [0.1, 0.15) is 50.6 Å². The third-order valence-electron chi connectivity index (χ3n) is 6.51. The molecule has 8 nitrogen and oxygen atoms in total. The van der Waals surface area contributed by atoms with Crippen molar-refractivity contribution in [1.82, 2.24) is 9.88 Å². The number of aliphatic imine (C=N–C) groups is 3. The van der Waals surface area contributed by atoms with Crippen LogP contribution < -0.4 is 16.2 Å². The fourth-order valence-corrected chi connectivity index (χ4v) is 4.46. The summed E-state index contributed by atoms with van der Waals surface area (Å²) in [6, 6.07) is 9.67. The first-order chi connectivity index (χ1) is 20.2. The Balaban J connectivity index is 0.00000237. The molecule has 218 valence electrons. The molecule has 2 aromatic carbocycles. The predicted octanol–water partition coefficient (Wildman–Crippen LogP) is 5.95. The lowest BCUT2D eigenvalue weighted by molar-refractivity contribution is 0.625. The molecule has 1 aromatic heterocycles. The number of benzene rings is 2. The van der Waals surface area contributed by atoms with Crippen molar-refractivity contribution < 1.29 is 8.78 Å². The Morgan fingerprint density at radius 1 is 1.19 bits per heavy atom. The number of nitrogens with one attached hydrogen (secondary N) is 2. The topological polar surface area (TPSA) is 107 Å². The average molecular weight is 572 g/mol. The second kappa shape index (κ2) is 14.6. The molecule has 3 aromatic rings. The number of hydrogen-bond acceptors (Lipinski definition) is 7. The molecule has 0 radical (unpaired) electrons. The molecule has 0 bridgehead atoms. The third-order valence-corrected chi connectivity index (χ3v) is 6.51. The number of aromatic nitrogens is 1. The Morgan fingerprint density at radius 3 is 2.67 bits per heavy atom. The lowest BCUT2D eigenvalue weighted by atomic mass is 9.97. The molecule has 1 aliphatic heterocycles. The summed E-state index contributed by atoms with van der Waals surface area (Å²) in [7, 11) is 3.26. The molecule has 0 amide bonds. The highest BCUT2D eigenvalue weighted by atomic mass is 19.1. The molecule has 0 saturated heterocycles. The van der Waals surface area contributed by atoms with Crippen LogP contribution in [0.5, 0.6) is 0 Å². The minimum atomic E-state index is -0.564. The van der Waals surface area contributed by atoms with Crippen LogP contribution in [0, 0.1) is 23.0 Å². The van der Waals surface area contributed by atoms with Gasteiger partial charge in [0.1, 0.15) is 23.5 Å². The van der Waals surface area contributed by atoms with Crippen molar-refractivity contribution in [2.75, 3.05) is 25.5 Å². The normalized spacial score (nSPS) is 13.9. The lowest BCUT2D eigenvalue weighted by Crippen LogP contribution is -2.22. The maximum atomic E-state index is 14.7. The third kappa shape index (κ3) is 7.43. The molecular formula is C32H35F2N7O. The zero-order valence-electron chi connectivity index (χ0n) is 24.7. The van der Waals surface area contributed by atoms with E-state index in [1.165, 1.54) is 28.8 Å². The molecule has 0 fully saturated rings. The van der Waals surface area contributed by atoms with E-state index in [1.54, 1.807) is 39.6 Å². The number of rotatable bonds is 8. The van der Waals surface area contributed by atoms with Crippen molar-refractivity contribution in [3.8, 4) is 6.07 Å². The number of nitrogens with zero attached hydrogens (tertiary/aromatic N) is 5. The first kappa shape index (κ1) is 31.6. The van der Waals surface area contributed by atoms with Gasteiger partial charge in [0.05, 0.1) is 28.9 Å². The number of amidine groups is 1. The second-order valence-electron chi connectivity index (χ2n) is 9.31. The Labute approximate surface area is 244 Å². The highest BCUT2D eigenvalue weighted by Gasteiger charge is 2.18. The van der Waals surface area contributed by atoms with Gasteiger partial charge in [-0.3, -0.25) is 14.8 Å². The summed E-state index contributed by atoms with van der Waals surface area (Å²) in [5.74, 6) is -0.382. The Morgan fingerprint density at radius 2 is 1.95 bits per heavy atom. The molecule has 2 N–H and O–H groups in total. The fraction of sp³-hybridized carbons (Fsp3) is 0.281. The molecule has 42 heavy (non-hydrogen) atoms. The van der Waals surface area contributed by atoms with Crippen LogP contribution >= 0.6 is 0 Å². The number of pyridine rings is 1. The quantitative estimate of drug-likeness (QED) is 0.326. The van der Waals surface area contributed by atoms with Crippen LogP contribution in [0.3, 0.4) is 0 Å². The molecule has 0 spiro atoms. The Hall–Kier alpha value is -4.91. The van der Waals surface area contributed by atoms with E-state index in [2.05, 4.69) is 25.6 Å². The minimum Gasteiger partial charge on any atom is -0.386 e. The molecule has 0 aliphatic carbocycles. The van der Waals surface area contributed by atoms with E-state index in [4.69, 9.17) is 0 Å². The van der Waals surface area contributed by atoms with Crippen LogP contribution in [0.4, 0.5) is 14.5 Å². The van der Waals surface area contributed by atoms with E-state index >= 15 is 0 Å². The Bertz CT molecular complexity index is 1710. The number of hydrogen-bond donors (Lipinski definition) is 2. The first-order valence-corrected chi connectivity index (χ1v) is 13.6. The van der Waals surface area contributed by atoms with Crippen molar-refractivity contribution in [3.63, 3.8) is 0 Å². The Kier molecular flexibility index (Phi) is 11.0. The summed E-state index contributed by atoms with van der Waals surface area (Å²) in [4.78, 5) is 26.2. The highest BCUT2D eigenvalue weighted by Crippen LogP contribution is 2.30. The summed E-state index contributed by atoms with van der Waals surface area (Å²) >= 11 is 0. The molecule has 0 saturated carbocycles. The predicted molar refractivity (Wildman–Crippen MR) is 169 cm³/mol. The van der Waals surface area contributed by atoms with Crippen molar-refractivity contribution in [1.29, 1.82) is 5.26 Å². The lowest BCUT2D eigenvalue weighted by Gasteiger charge is -2.20. The zero-order valence-corrected chi connectivity index (χ0v) is 24.7. The van der Waals surface area contributed by atoms with E-state index in [-0.39, 0.29) is 16.5 Å². The van der Waals surface area contributed by atoms with Crippen molar-refractivity contribution in [2.45, 2.75) is 33.7 Å². The highest BCUT2D eigenvalue weighted by molar-refractivity contribution is 6.10. The molecule has 1 aliphatic rings. The largest absolute Gasteiger partial charge is 0.386 e. The number of nitriles is 1. The van der Waals surface area contributed by atoms with Crippen molar-refractivity contribution in [3.05, 3.63) is 93.1 Å². The van der Waals surface area contributed by atoms with E-state index in [1.807, 2.05) is 39.0 Å². The van der Waals surface area contributed by atoms with Gasteiger partial charge in [0.15, 0.2) is 0 Å². The molecule has 4 rings (SSSR count). The standard InChI is InChI=1S/C30H29F2N7O.C2H6/c1-18(38-28-6-5-23(31)9-21(28)13-33)25-10-24(32)11-27-26(25)12-29(39(4)30(27)40)22(16-34-3)17-35-14-20-7-8-36-19(2)37-15-20;1-2/h5-7,9-12,15-18,35,38H,8,14H2,1-4H3;1-2H3/b22-17+,34-16?;/t18-;/m1./s1. The molecule has 1 atom stereocenters. The van der Waals surface area contributed by atoms with E-state index in [0.29, 0.717) is 46.8 Å². The van der Waals surface area contributed by atoms with Crippen LogP contribution in [-0.4, -0.2) is 43.0 Å². The summed E-state index contributed by atoms with van der Waals surface area (Å²) in [5, 5.41) is 16.6. The second-order valence-corrected chi connectivity index (χ2v) is 9.31. The van der Waals surface area contributed by atoms with E-state index in [0.717, 1.165) is 11.6 Å². The van der Waals surface area contributed by atoms with Gasteiger partial charge in [-0.05, 0) is 66.8 Å². The van der Waals surface area contributed by atoms with Gasteiger partial charge >= 0.3 is 0 Å². The van der Waals surface area contributed by atoms with Gasteiger partial charge in [-0.1, -0.05) is 19.9 Å². The van der Waals surface area contributed by atoms with E-state index < -0.39 is 17.7 Å². The van der Waals surface area contributed by atoms with Crippen molar-refractivity contribution >= 4 is 40.3 Å². The maximum absolute atomic E-state index is 14.7. The number of halogens is 2. The van der Waals surface area contributed by atoms with Gasteiger partial charge in [0, 0.05) is 50.9 Å². The molecule has 2 heterocycles. The maximum Gasteiger partial charge on any atom is 0.258 e. The van der Waals surface area contributed by atoms with Gasteiger partial charge in [0.25, 0.3) is 5.56 Å².